The van der Waals surface area contributed by atoms with Crippen LogP contribution in [0.5, 0.6) is 0 Å². The zero-order valence-corrected chi connectivity index (χ0v) is 5.74. The summed E-state index contributed by atoms with van der Waals surface area (Å²) in [5.41, 5.74) is 2.45. The quantitative estimate of drug-likeness (QED) is 0.244. The Balaban J connectivity index is 2.70. The molecular formula is C5H9N5O. The van der Waals surface area contributed by atoms with Gasteiger partial charge in [-0.2, -0.15) is 0 Å². The van der Waals surface area contributed by atoms with Gasteiger partial charge in [-0.3, -0.25) is 5.43 Å². The van der Waals surface area contributed by atoms with Crippen LogP contribution in [0.4, 0.5) is 10.5 Å². The van der Waals surface area contributed by atoms with Crippen LogP contribution in [0, 0.1) is 0 Å². The molecule has 60 valence electrons. The number of aromatic amines is 1. The molecule has 0 aliphatic carbocycles. The van der Waals surface area contributed by atoms with Crippen molar-refractivity contribution in [3.8, 4) is 0 Å². The average molecular weight is 155 g/mol. The summed E-state index contributed by atoms with van der Waals surface area (Å²) in [5, 5.41) is 0.899. The number of amides is 2. The molecule has 6 heteroatoms. The molecule has 0 radical (unpaired) electrons. The van der Waals surface area contributed by atoms with Crippen molar-refractivity contribution in [2.24, 2.45) is 11.7 Å². The Bertz CT molecular complexity index is 231. The maximum Gasteiger partial charge on any atom is 0.350 e. The molecule has 0 saturated heterocycles. The first kappa shape index (κ1) is 7.58. The second-order valence-electron chi connectivity index (χ2n) is 1.89. The first-order valence-corrected chi connectivity index (χ1v) is 2.94. The van der Waals surface area contributed by atoms with Gasteiger partial charge >= 0.3 is 6.03 Å². The van der Waals surface area contributed by atoms with Crippen molar-refractivity contribution >= 4 is 11.7 Å². The van der Waals surface area contributed by atoms with Crippen LogP contribution in [-0.2, 0) is 0 Å². The molecule has 1 heterocycles. The van der Waals surface area contributed by atoms with Gasteiger partial charge in [-0.25, -0.2) is 21.5 Å². The molecule has 11 heavy (non-hydrogen) atoms. The van der Waals surface area contributed by atoms with E-state index >= 15 is 0 Å². The van der Waals surface area contributed by atoms with E-state index in [0.29, 0.717) is 5.69 Å². The highest BCUT2D eigenvalue weighted by molar-refractivity contribution is 5.89. The largest absolute Gasteiger partial charge is 0.366 e. The standard InChI is InChI=1S/C5H9N5O/c6-9-5(11)10(7)4-1-2-8-3-4/h1-3,8H,6-7H2,(H,9,11). The number of nitrogens with one attached hydrogen (secondary N) is 2. The number of hydrazine groups is 2. The molecule has 6 nitrogen and oxygen atoms in total. The predicted octanol–water partition coefficient (Wildman–Crippen LogP) is -0.722. The van der Waals surface area contributed by atoms with Crippen LogP contribution in [0.1, 0.15) is 0 Å². The van der Waals surface area contributed by atoms with E-state index in [1.807, 2.05) is 5.43 Å². The fraction of sp³-hybridized carbons (Fsp3) is 0. The molecule has 0 aromatic carbocycles. The van der Waals surface area contributed by atoms with Crippen LogP contribution in [0.15, 0.2) is 18.5 Å². The summed E-state index contributed by atoms with van der Waals surface area (Å²) in [4.78, 5) is 13.5. The molecule has 0 saturated carbocycles. The topological polar surface area (TPSA) is 100 Å². The number of carbonyl (C=O) groups is 1. The summed E-state index contributed by atoms with van der Waals surface area (Å²) >= 11 is 0. The highest BCUT2D eigenvalue weighted by atomic mass is 16.2. The van der Waals surface area contributed by atoms with Gasteiger partial charge in [-0.05, 0) is 6.07 Å². The third kappa shape index (κ3) is 1.48. The summed E-state index contributed by atoms with van der Waals surface area (Å²) in [6.07, 6.45) is 3.23. The Kier molecular flexibility index (Phi) is 2.09. The fourth-order valence-electron chi connectivity index (χ4n) is 0.652. The zero-order valence-electron chi connectivity index (χ0n) is 5.74. The molecule has 1 rings (SSSR count). The molecule has 0 spiro atoms. The number of hydrogen-bond acceptors (Lipinski definition) is 3. The van der Waals surface area contributed by atoms with Crippen LogP contribution < -0.4 is 22.1 Å². The summed E-state index contributed by atoms with van der Waals surface area (Å²) in [7, 11) is 0. The van der Waals surface area contributed by atoms with Crippen molar-refractivity contribution in [1.29, 1.82) is 0 Å². The van der Waals surface area contributed by atoms with E-state index in [1.54, 1.807) is 18.5 Å². The van der Waals surface area contributed by atoms with Crippen molar-refractivity contribution < 1.29 is 4.79 Å². The lowest BCUT2D eigenvalue weighted by molar-refractivity contribution is 0.246. The molecule has 0 bridgehead atoms. The summed E-state index contributed by atoms with van der Waals surface area (Å²) < 4.78 is 0. The third-order valence-corrected chi connectivity index (χ3v) is 1.20. The van der Waals surface area contributed by atoms with E-state index in [2.05, 4.69) is 4.98 Å². The normalized spacial score (nSPS) is 9.27. The lowest BCUT2D eigenvalue weighted by Gasteiger charge is -2.12. The molecule has 2 amide bonds. The number of anilines is 1. The molecule has 1 aromatic rings. The molecule has 6 N–H and O–H groups in total. The van der Waals surface area contributed by atoms with E-state index in [0.717, 1.165) is 5.01 Å². The highest BCUT2D eigenvalue weighted by Gasteiger charge is 2.08. The number of nitrogens with two attached hydrogens (primary N) is 2. The van der Waals surface area contributed by atoms with Crippen molar-refractivity contribution in [3.63, 3.8) is 0 Å². The molecular weight excluding hydrogens is 146 g/mol. The molecule has 0 unspecified atom stereocenters. The van der Waals surface area contributed by atoms with E-state index in [-0.39, 0.29) is 0 Å². The van der Waals surface area contributed by atoms with Gasteiger partial charge < -0.3 is 4.98 Å². The van der Waals surface area contributed by atoms with Crippen LogP contribution >= 0.6 is 0 Å². The van der Waals surface area contributed by atoms with Crippen molar-refractivity contribution in [2.45, 2.75) is 0 Å². The van der Waals surface area contributed by atoms with Gasteiger partial charge in [-0.1, -0.05) is 0 Å². The Morgan fingerprint density at radius 3 is 2.91 bits per heavy atom. The average Bonchev–Trinajstić information content (AvgIpc) is 2.53. The monoisotopic (exact) mass is 155 g/mol. The minimum Gasteiger partial charge on any atom is -0.366 e. The van der Waals surface area contributed by atoms with Gasteiger partial charge in [0.25, 0.3) is 0 Å². The maximum absolute atomic E-state index is 10.8. The van der Waals surface area contributed by atoms with Gasteiger partial charge in [0.15, 0.2) is 0 Å². The zero-order chi connectivity index (χ0) is 8.27. The minimum absolute atomic E-state index is 0.549. The lowest BCUT2D eigenvalue weighted by Crippen LogP contribution is -2.47. The van der Waals surface area contributed by atoms with E-state index in [1.165, 1.54) is 0 Å². The van der Waals surface area contributed by atoms with Gasteiger partial charge in [0, 0.05) is 12.4 Å². The van der Waals surface area contributed by atoms with Crippen molar-refractivity contribution in [1.82, 2.24) is 10.4 Å². The number of urea groups is 1. The van der Waals surface area contributed by atoms with Crippen LogP contribution in [0.2, 0.25) is 0 Å². The van der Waals surface area contributed by atoms with Crippen molar-refractivity contribution in [3.05, 3.63) is 18.5 Å². The van der Waals surface area contributed by atoms with Gasteiger partial charge in [0.05, 0.1) is 5.69 Å². The summed E-state index contributed by atoms with van der Waals surface area (Å²) in [6.45, 7) is 0. The highest BCUT2D eigenvalue weighted by Crippen LogP contribution is 2.07. The number of rotatable bonds is 1. The number of nitrogens with zero attached hydrogens (tertiary/aromatic N) is 1. The first-order chi connectivity index (χ1) is 5.25. The van der Waals surface area contributed by atoms with Crippen molar-refractivity contribution in [2.75, 3.05) is 5.01 Å². The smallest absolute Gasteiger partial charge is 0.350 e. The third-order valence-electron chi connectivity index (χ3n) is 1.20. The van der Waals surface area contributed by atoms with E-state index in [9.17, 15) is 4.79 Å². The molecule has 0 fully saturated rings. The summed E-state index contributed by atoms with van der Waals surface area (Å²) in [6, 6.07) is 1.08. The van der Waals surface area contributed by atoms with E-state index < -0.39 is 6.03 Å². The Hall–Kier alpha value is -1.53. The summed E-state index contributed by atoms with van der Waals surface area (Å²) in [5.74, 6) is 10.2. The maximum atomic E-state index is 10.8. The number of carbonyl (C=O) groups excluding carboxylic acids is 1. The SMILES string of the molecule is NNC(=O)N(N)c1cc[nH]c1. The van der Waals surface area contributed by atoms with E-state index in [4.69, 9.17) is 11.7 Å². The number of H-pyrrole nitrogens is 1. The van der Waals surface area contributed by atoms with Gasteiger partial charge in [0.2, 0.25) is 0 Å². The minimum atomic E-state index is -0.565. The molecule has 0 aliphatic rings. The number of aromatic nitrogens is 1. The first-order valence-electron chi connectivity index (χ1n) is 2.94. The fourth-order valence-corrected chi connectivity index (χ4v) is 0.652. The van der Waals surface area contributed by atoms with Crippen LogP contribution in [0.3, 0.4) is 0 Å². The Morgan fingerprint density at radius 1 is 1.73 bits per heavy atom. The Morgan fingerprint density at radius 2 is 2.45 bits per heavy atom. The molecule has 1 aromatic heterocycles. The Labute approximate surface area is 63.1 Å². The van der Waals surface area contributed by atoms with Crippen LogP contribution in [-0.4, -0.2) is 11.0 Å². The lowest BCUT2D eigenvalue weighted by atomic mass is 10.5. The van der Waals surface area contributed by atoms with Crippen LogP contribution in [0.25, 0.3) is 0 Å². The second kappa shape index (κ2) is 3.04. The number of hydrogen-bond donors (Lipinski definition) is 4. The van der Waals surface area contributed by atoms with Gasteiger partial charge in [-0.15, -0.1) is 0 Å². The molecule has 0 atom stereocenters. The van der Waals surface area contributed by atoms with Gasteiger partial charge in [0.1, 0.15) is 0 Å². The second-order valence-corrected chi connectivity index (χ2v) is 1.89. The molecule has 0 aliphatic heterocycles. The predicted molar refractivity (Wildman–Crippen MR) is 40.2 cm³/mol.